The maximum Gasteiger partial charge on any atom is 0.271 e. The Kier molecular flexibility index (Phi) is 4.91. The molecule has 5 heteroatoms. The number of thiazole rings is 1. The van der Waals surface area contributed by atoms with Crippen molar-refractivity contribution in [1.29, 1.82) is 0 Å². The molecule has 24 heavy (non-hydrogen) atoms. The number of hydrogen-bond acceptors (Lipinski definition) is 3. The average Bonchev–Trinajstić information content (AvgIpc) is 3.04. The van der Waals surface area contributed by atoms with Gasteiger partial charge in [0.25, 0.3) is 5.91 Å². The van der Waals surface area contributed by atoms with E-state index in [1.165, 1.54) is 11.3 Å². The summed E-state index contributed by atoms with van der Waals surface area (Å²) < 4.78 is 2.09. The van der Waals surface area contributed by atoms with Crippen LogP contribution < -0.4 is 10.2 Å². The molecule has 1 aromatic heterocycles. The zero-order valence-electron chi connectivity index (χ0n) is 13.7. The SMILES string of the molecule is CCn1c(-c2ccccc2)cs/c1=N/NC(=O)c1ccc(C)cc1. The van der Waals surface area contributed by atoms with E-state index in [1.807, 2.05) is 37.3 Å². The van der Waals surface area contributed by atoms with Crippen molar-refractivity contribution < 1.29 is 4.79 Å². The van der Waals surface area contributed by atoms with Crippen LogP contribution in [-0.4, -0.2) is 10.5 Å². The predicted molar refractivity (Wildman–Crippen MR) is 97.6 cm³/mol. The van der Waals surface area contributed by atoms with Crippen molar-refractivity contribution in [2.45, 2.75) is 20.4 Å². The molecule has 0 unspecified atom stereocenters. The molecule has 1 N–H and O–H groups in total. The van der Waals surface area contributed by atoms with E-state index in [4.69, 9.17) is 0 Å². The lowest BCUT2D eigenvalue weighted by Crippen LogP contribution is -2.24. The third kappa shape index (κ3) is 3.46. The van der Waals surface area contributed by atoms with Crippen LogP contribution >= 0.6 is 11.3 Å². The van der Waals surface area contributed by atoms with E-state index >= 15 is 0 Å². The second-order valence-corrected chi connectivity index (χ2v) is 6.27. The van der Waals surface area contributed by atoms with Crippen LogP contribution in [0.25, 0.3) is 11.3 Å². The maximum atomic E-state index is 12.2. The molecular formula is C19H19N3OS. The lowest BCUT2D eigenvalue weighted by Gasteiger charge is -2.06. The second kappa shape index (κ2) is 7.27. The molecule has 0 fully saturated rings. The molecule has 1 heterocycles. The molecule has 0 atom stereocenters. The number of benzene rings is 2. The predicted octanol–water partition coefficient (Wildman–Crippen LogP) is 3.79. The van der Waals surface area contributed by atoms with Gasteiger partial charge >= 0.3 is 0 Å². The summed E-state index contributed by atoms with van der Waals surface area (Å²) in [4.78, 5) is 13.0. The fraction of sp³-hybridized carbons (Fsp3) is 0.158. The summed E-state index contributed by atoms with van der Waals surface area (Å²) >= 11 is 1.52. The number of amides is 1. The van der Waals surface area contributed by atoms with E-state index in [2.05, 4.69) is 39.5 Å². The van der Waals surface area contributed by atoms with Crippen LogP contribution in [0.2, 0.25) is 0 Å². The minimum Gasteiger partial charge on any atom is -0.315 e. The first kappa shape index (κ1) is 16.2. The number of rotatable bonds is 4. The Bertz CT molecular complexity index is 892. The molecule has 4 nitrogen and oxygen atoms in total. The lowest BCUT2D eigenvalue weighted by molar-refractivity contribution is 0.0953. The Morgan fingerprint density at radius 3 is 2.50 bits per heavy atom. The van der Waals surface area contributed by atoms with Crippen LogP contribution in [0, 0.1) is 6.92 Å². The van der Waals surface area contributed by atoms with Gasteiger partial charge in [-0.3, -0.25) is 4.79 Å². The molecule has 0 aliphatic heterocycles. The van der Waals surface area contributed by atoms with Gasteiger partial charge in [-0.2, -0.15) is 0 Å². The fourth-order valence-electron chi connectivity index (χ4n) is 2.43. The van der Waals surface area contributed by atoms with Gasteiger partial charge in [0, 0.05) is 17.5 Å². The second-order valence-electron chi connectivity index (χ2n) is 5.43. The molecule has 0 bridgehead atoms. The minimum absolute atomic E-state index is 0.202. The van der Waals surface area contributed by atoms with E-state index in [9.17, 15) is 4.79 Å². The van der Waals surface area contributed by atoms with E-state index in [0.717, 1.165) is 28.2 Å². The quantitative estimate of drug-likeness (QED) is 0.723. The zero-order valence-corrected chi connectivity index (χ0v) is 14.5. The van der Waals surface area contributed by atoms with E-state index in [-0.39, 0.29) is 5.91 Å². The van der Waals surface area contributed by atoms with Crippen molar-refractivity contribution in [3.63, 3.8) is 0 Å². The number of hydrogen-bond donors (Lipinski definition) is 1. The molecule has 2 aromatic carbocycles. The highest BCUT2D eigenvalue weighted by Crippen LogP contribution is 2.19. The van der Waals surface area contributed by atoms with Crippen LogP contribution in [0.5, 0.6) is 0 Å². The van der Waals surface area contributed by atoms with Crippen molar-refractivity contribution in [3.05, 3.63) is 75.9 Å². The molecule has 1 amide bonds. The molecule has 3 rings (SSSR count). The number of nitrogens with zero attached hydrogens (tertiary/aromatic N) is 2. The third-order valence-corrected chi connectivity index (χ3v) is 4.61. The molecule has 0 aliphatic carbocycles. The standard InChI is InChI=1S/C19H19N3OS/c1-3-22-17(15-7-5-4-6-8-15)13-24-19(22)21-20-18(23)16-11-9-14(2)10-12-16/h4-13H,3H2,1-2H3,(H,20,23)/b21-19+. The van der Waals surface area contributed by atoms with Crippen LogP contribution in [0.15, 0.2) is 65.1 Å². The van der Waals surface area contributed by atoms with Crippen LogP contribution in [-0.2, 0) is 6.54 Å². The molecular weight excluding hydrogens is 318 g/mol. The van der Waals surface area contributed by atoms with E-state index in [1.54, 1.807) is 12.1 Å². The Morgan fingerprint density at radius 1 is 1.12 bits per heavy atom. The Balaban J connectivity index is 1.87. The van der Waals surface area contributed by atoms with Gasteiger partial charge in [0.2, 0.25) is 4.80 Å². The number of aryl methyl sites for hydroxylation is 1. The highest BCUT2D eigenvalue weighted by Gasteiger charge is 2.07. The average molecular weight is 337 g/mol. The summed E-state index contributed by atoms with van der Waals surface area (Å²) in [5.41, 5.74) is 6.62. The molecule has 3 aromatic rings. The number of carbonyl (C=O) groups excluding carboxylic acids is 1. The van der Waals surface area contributed by atoms with Gasteiger partial charge in [-0.25, -0.2) is 5.43 Å². The van der Waals surface area contributed by atoms with Gasteiger partial charge in [0.05, 0.1) is 5.69 Å². The summed E-state index contributed by atoms with van der Waals surface area (Å²) in [6, 6.07) is 17.6. The van der Waals surface area contributed by atoms with Crippen molar-refractivity contribution >= 4 is 17.2 Å². The van der Waals surface area contributed by atoms with Crippen LogP contribution in [0.4, 0.5) is 0 Å². The minimum atomic E-state index is -0.202. The van der Waals surface area contributed by atoms with Gasteiger partial charge in [-0.05, 0) is 31.5 Å². The molecule has 122 valence electrons. The monoisotopic (exact) mass is 337 g/mol. The van der Waals surface area contributed by atoms with Crippen molar-refractivity contribution in [2.24, 2.45) is 5.10 Å². The molecule has 0 saturated heterocycles. The van der Waals surface area contributed by atoms with Crippen molar-refractivity contribution in [2.75, 3.05) is 0 Å². The number of carbonyl (C=O) groups is 1. The Labute approximate surface area is 145 Å². The maximum absolute atomic E-state index is 12.2. The van der Waals surface area contributed by atoms with E-state index < -0.39 is 0 Å². The van der Waals surface area contributed by atoms with Gasteiger partial charge in [0.1, 0.15) is 0 Å². The number of nitrogens with one attached hydrogen (secondary N) is 1. The fourth-order valence-corrected chi connectivity index (χ4v) is 3.37. The first-order chi connectivity index (χ1) is 11.7. The first-order valence-electron chi connectivity index (χ1n) is 7.83. The third-order valence-electron chi connectivity index (χ3n) is 3.75. The summed E-state index contributed by atoms with van der Waals surface area (Å²) in [5, 5.41) is 6.37. The summed E-state index contributed by atoms with van der Waals surface area (Å²) in [6.45, 7) is 4.85. The van der Waals surface area contributed by atoms with Gasteiger partial charge in [0.15, 0.2) is 0 Å². The highest BCUT2D eigenvalue weighted by atomic mass is 32.1. The zero-order chi connectivity index (χ0) is 16.9. The van der Waals surface area contributed by atoms with Gasteiger partial charge < -0.3 is 4.57 Å². The molecule has 0 spiro atoms. The van der Waals surface area contributed by atoms with Crippen LogP contribution in [0.3, 0.4) is 0 Å². The Morgan fingerprint density at radius 2 is 1.83 bits per heavy atom. The summed E-state index contributed by atoms with van der Waals surface area (Å²) in [5.74, 6) is -0.202. The van der Waals surface area contributed by atoms with Crippen molar-refractivity contribution in [1.82, 2.24) is 9.99 Å². The topological polar surface area (TPSA) is 46.4 Å². The molecule has 0 radical (unpaired) electrons. The summed E-state index contributed by atoms with van der Waals surface area (Å²) in [6.07, 6.45) is 0. The first-order valence-corrected chi connectivity index (χ1v) is 8.71. The summed E-state index contributed by atoms with van der Waals surface area (Å²) in [7, 11) is 0. The molecule has 0 aliphatic rings. The van der Waals surface area contributed by atoms with Gasteiger partial charge in [-0.15, -0.1) is 16.4 Å². The lowest BCUT2D eigenvalue weighted by atomic mass is 10.1. The van der Waals surface area contributed by atoms with Crippen molar-refractivity contribution in [3.8, 4) is 11.3 Å². The normalized spacial score (nSPS) is 11.5. The van der Waals surface area contributed by atoms with Crippen LogP contribution in [0.1, 0.15) is 22.8 Å². The number of aromatic nitrogens is 1. The molecule has 0 saturated carbocycles. The smallest absolute Gasteiger partial charge is 0.271 e. The largest absolute Gasteiger partial charge is 0.315 e. The van der Waals surface area contributed by atoms with E-state index in [0.29, 0.717) is 5.56 Å². The highest BCUT2D eigenvalue weighted by molar-refractivity contribution is 7.07. The van der Waals surface area contributed by atoms with Gasteiger partial charge in [-0.1, -0.05) is 48.0 Å². The Hall–Kier alpha value is -2.66.